The molecule has 3 heteroatoms. The van der Waals surface area contributed by atoms with Gasteiger partial charge < -0.3 is 5.11 Å². The molecule has 0 bridgehead atoms. The fourth-order valence-corrected chi connectivity index (χ4v) is 7.50. The van der Waals surface area contributed by atoms with E-state index in [0.29, 0.717) is 41.4 Å². The largest absolute Gasteiger partial charge is 0.478 e. The van der Waals surface area contributed by atoms with Gasteiger partial charge in [-0.15, -0.1) is 0 Å². The topological polar surface area (TPSA) is 54.4 Å². The van der Waals surface area contributed by atoms with Crippen molar-refractivity contribution in [3.05, 3.63) is 22.8 Å². The fourth-order valence-electron chi connectivity index (χ4n) is 7.50. The van der Waals surface area contributed by atoms with Crippen LogP contribution in [0.15, 0.2) is 22.8 Å². The van der Waals surface area contributed by atoms with Gasteiger partial charge in [0, 0.05) is 12.0 Å². The molecule has 0 heterocycles. The van der Waals surface area contributed by atoms with Crippen LogP contribution in [0.2, 0.25) is 0 Å². The summed E-state index contributed by atoms with van der Waals surface area (Å²) in [5.41, 5.74) is 3.43. The lowest BCUT2D eigenvalue weighted by Crippen LogP contribution is -2.52. The Kier molecular flexibility index (Phi) is 4.02. The normalized spacial score (nSPS) is 46.8. The molecule has 26 heavy (non-hydrogen) atoms. The van der Waals surface area contributed by atoms with Crippen LogP contribution in [0, 0.1) is 34.5 Å². The molecule has 0 aliphatic heterocycles. The van der Waals surface area contributed by atoms with Crippen molar-refractivity contribution >= 4 is 11.8 Å². The predicted molar refractivity (Wildman–Crippen MR) is 102 cm³/mol. The molecule has 6 atom stereocenters. The number of carboxylic acids is 1. The Morgan fingerprint density at radius 1 is 1.15 bits per heavy atom. The summed E-state index contributed by atoms with van der Waals surface area (Å²) in [6.45, 7) is 8.83. The first kappa shape index (κ1) is 18.0. The van der Waals surface area contributed by atoms with Crippen LogP contribution >= 0.6 is 0 Å². The van der Waals surface area contributed by atoms with Gasteiger partial charge in [-0.25, -0.2) is 4.79 Å². The van der Waals surface area contributed by atoms with Crippen molar-refractivity contribution in [1.82, 2.24) is 0 Å². The van der Waals surface area contributed by atoms with Crippen LogP contribution in [0.5, 0.6) is 0 Å². The van der Waals surface area contributed by atoms with E-state index in [9.17, 15) is 14.7 Å². The molecular formula is C23H32O3. The summed E-state index contributed by atoms with van der Waals surface area (Å²) in [6.07, 6.45) is 9.24. The molecule has 4 aliphatic carbocycles. The highest BCUT2D eigenvalue weighted by Crippen LogP contribution is 2.67. The van der Waals surface area contributed by atoms with E-state index in [1.165, 1.54) is 24.0 Å². The summed E-state index contributed by atoms with van der Waals surface area (Å²) < 4.78 is 0. The summed E-state index contributed by atoms with van der Waals surface area (Å²) >= 11 is 0. The summed E-state index contributed by atoms with van der Waals surface area (Å²) in [5, 5.41) is 9.54. The molecule has 0 amide bonds. The van der Waals surface area contributed by atoms with Gasteiger partial charge in [-0.05, 0) is 86.0 Å². The van der Waals surface area contributed by atoms with Gasteiger partial charge in [0.1, 0.15) is 0 Å². The molecule has 0 aromatic heterocycles. The molecule has 0 spiro atoms. The summed E-state index contributed by atoms with van der Waals surface area (Å²) in [6, 6.07) is 0. The van der Waals surface area contributed by atoms with Crippen molar-refractivity contribution in [2.75, 3.05) is 0 Å². The van der Waals surface area contributed by atoms with Crippen molar-refractivity contribution in [3.8, 4) is 0 Å². The van der Waals surface area contributed by atoms with E-state index in [1.807, 2.05) is 6.08 Å². The Morgan fingerprint density at radius 3 is 2.58 bits per heavy atom. The summed E-state index contributed by atoms with van der Waals surface area (Å²) in [7, 11) is 0. The van der Waals surface area contributed by atoms with Crippen molar-refractivity contribution < 1.29 is 14.7 Å². The van der Waals surface area contributed by atoms with E-state index in [2.05, 4.69) is 20.8 Å². The molecule has 1 unspecified atom stereocenters. The Bertz CT molecular complexity index is 730. The molecule has 0 aromatic carbocycles. The van der Waals surface area contributed by atoms with Crippen molar-refractivity contribution in [1.29, 1.82) is 0 Å². The minimum absolute atomic E-state index is 0.0644. The highest BCUT2D eigenvalue weighted by Gasteiger charge is 2.59. The van der Waals surface area contributed by atoms with E-state index < -0.39 is 5.97 Å². The average Bonchev–Trinajstić information content (AvgIpc) is 2.92. The van der Waals surface area contributed by atoms with Crippen LogP contribution in [0.3, 0.4) is 0 Å². The van der Waals surface area contributed by atoms with Crippen LogP contribution in [0.25, 0.3) is 0 Å². The summed E-state index contributed by atoms with van der Waals surface area (Å²) in [4.78, 5) is 23.7. The number of rotatable bonds is 1. The third kappa shape index (κ3) is 2.25. The second-order valence-corrected chi connectivity index (χ2v) is 9.84. The lowest BCUT2D eigenvalue weighted by molar-refractivity contribution is -0.132. The van der Waals surface area contributed by atoms with Gasteiger partial charge in [0.15, 0.2) is 5.78 Å². The van der Waals surface area contributed by atoms with E-state index in [-0.39, 0.29) is 10.8 Å². The number of hydrogen-bond donors (Lipinski definition) is 1. The lowest BCUT2D eigenvalue weighted by Gasteiger charge is -2.59. The third-order valence-electron chi connectivity index (χ3n) is 9.07. The molecule has 0 radical (unpaired) electrons. The molecule has 0 aromatic rings. The standard InChI is InChI=1S/C23H32O3/c1-13-11-16(24)12-15-5-6-17-19-8-7-18(14(2)21(25)26)22(19,3)10-9-20(17)23(13,15)4/h12-13,17,19-20H,5-11H2,1-4H3,(H,25,26)/b18-14-/t13?,17-,19-,20-,22+,23-/m0/s1. The van der Waals surface area contributed by atoms with Gasteiger partial charge >= 0.3 is 5.97 Å². The average molecular weight is 357 g/mol. The molecule has 0 saturated heterocycles. The number of carboxylic acid groups (broad SMARTS) is 1. The van der Waals surface area contributed by atoms with E-state index in [4.69, 9.17) is 0 Å². The molecule has 3 fully saturated rings. The molecule has 4 rings (SSSR count). The number of carbonyl (C=O) groups is 2. The first-order valence-electron chi connectivity index (χ1n) is 10.4. The van der Waals surface area contributed by atoms with Crippen LogP contribution < -0.4 is 0 Å². The SMILES string of the molecule is C/C(C(=O)O)=C1\CC[C@H]2[C@@H]3CCC4=CC(=O)CC(C)[C@]4(C)[C@H]3CC[C@]12C. The van der Waals surface area contributed by atoms with Crippen LogP contribution in [0.4, 0.5) is 0 Å². The zero-order valence-corrected chi connectivity index (χ0v) is 16.6. The highest BCUT2D eigenvalue weighted by atomic mass is 16.4. The van der Waals surface area contributed by atoms with Crippen LogP contribution in [-0.4, -0.2) is 16.9 Å². The van der Waals surface area contributed by atoms with Crippen LogP contribution in [0.1, 0.15) is 72.6 Å². The Labute approximate surface area is 156 Å². The fraction of sp³-hybridized carbons (Fsp3) is 0.739. The maximum Gasteiger partial charge on any atom is 0.331 e. The van der Waals surface area contributed by atoms with Gasteiger partial charge in [-0.3, -0.25) is 4.79 Å². The summed E-state index contributed by atoms with van der Waals surface area (Å²) in [5.74, 6) is 1.91. The number of carbonyl (C=O) groups excluding carboxylic acids is 1. The van der Waals surface area contributed by atoms with E-state index >= 15 is 0 Å². The van der Waals surface area contributed by atoms with Gasteiger partial charge in [0.05, 0.1) is 0 Å². The van der Waals surface area contributed by atoms with Crippen molar-refractivity contribution in [2.24, 2.45) is 34.5 Å². The molecule has 3 nitrogen and oxygen atoms in total. The zero-order chi connectivity index (χ0) is 18.9. The zero-order valence-electron chi connectivity index (χ0n) is 16.6. The molecule has 4 aliphatic rings. The monoisotopic (exact) mass is 356 g/mol. The number of aliphatic carboxylic acids is 1. The van der Waals surface area contributed by atoms with E-state index in [0.717, 1.165) is 25.7 Å². The quantitative estimate of drug-likeness (QED) is 0.660. The first-order chi connectivity index (χ1) is 12.2. The maximum atomic E-state index is 12.1. The van der Waals surface area contributed by atoms with Crippen molar-refractivity contribution in [2.45, 2.75) is 72.6 Å². The smallest absolute Gasteiger partial charge is 0.331 e. The first-order valence-corrected chi connectivity index (χ1v) is 10.4. The minimum atomic E-state index is -0.746. The Morgan fingerprint density at radius 2 is 1.88 bits per heavy atom. The number of allylic oxidation sites excluding steroid dienone is 2. The van der Waals surface area contributed by atoms with Crippen LogP contribution in [-0.2, 0) is 9.59 Å². The van der Waals surface area contributed by atoms with Gasteiger partial charge in [-0.2, -0.15) is 0 Å². The van der Waals surface area contributed by atoms with Gasteiger partial charge in [0.25, 0.3) is 0 Å². The molecule has 3 saturated carbocycles. The van der Waals surface area contributed by atoms with Gasteiger partial charge in [-0.1, -0.05) is 31.9 Å². The number of hydrogen-bond acceptors (Lipinski definition) is 2. The lowest BCUT2D eigenvalue weighted by atomic mass is 9.45. The van der Waals surface area contributed by atoms with Crippen molar-refractivity contribution in [3.63, 3.8) is 0 Å². The predicted octanol–water partition coefficient (Wildman–Crippen LogP) is 5.17. The molecule has 142 valence electrons. The minimum Gasteiger partial charge on any atom is -0.478 e. The maximum absolute atomic E-state index is 12.1. The Balaban J connectivity index is 1.72. The molecular weight excluding hydrogens is 324 g/mol. The number of ketones is 1. The second-order valence-electron chi connectivity index (χ2n) is 9.84. The molecule has 1 N–H and O–H groups in total. The second kappa shape index (κ2) is 5.81. The van der Waals surface area contributed by atoms with E-state index in [1.54, 1.807) is 6.92 Å². The van der Waals surface area contributed by atoms with Gasteiger partial charge in [0.2, 0.25) is 0 Å². The highest BCUT2D eigenvalue weighted by molar-refractivity contribution is 5.92. The number of fused-ring (bicyclic) bond motifs is 5. The Hall–Kier alpha value is -1.38. The third-order valence-corrected chi connectivity index (χ3v) is 9.07.